The topological polar surface area (TPSA) is 38.3 Å². The van der Waals surface area contributed by atoms with Gasteiger partial charge in [-0.3, -0.25) is 4.79 Å². The molecule has 0 aliphatic rings. The van der Waals surface area contributed by atoms with E-state index in [9.17, 15) is 4.79 Å². The number of hydrogen-bond donors (Lipinski definition) is 1. The highest BCUT2D eigenvalue weighted by atomic mass is 79.9. The number of rotatable bonds is 6. The summed E-state index contributed by atoms with van der Waals surface area (Å²) in [4.78, 5) is 11.8. The molecule has 0 aliphatic heterocycles. The second kappa shape index (κ2) is 7.65. The largest absolute Gasteiger partial charge is 0.366 e. The molecule has 0 saturated heterocycles. The minimum atomic E-state index is -0.291. The molecule has 106 valence electrons. The third-order valence-electron chi connectivity index (χ3n) is 2.51. The lowest BCUT2D eigenvalue weighted by Crippen LogP contribution is -2.41. The summed E-state index contributed by atoms with van der Waals surface area (Å²) in [6, 6.07) is 10.2. The van der Waals surface area contributed by atoms with Gasteiger partial charge in [0.2, 0.25) is 5.91 Å². The quantitative estimate of drug-likeness (QED) is 0.816. The van der Waals surface area contributed by atoms with Crippen molar-refractivity contribution in [2.24, 2.45) is 0 Å². The van der Waals surface area contributed by atoms with Crippen LogP contribution in [0.15, 0.2) is 30.3 Å². The van der Waals surface area contributed by atoms with Crippen LogP contribution in [-0.4, -0.2) is 29.5 Å². The number of carbonyl (C=O) groups is 1. The molecule has 1 aromatic rings. The van der Waals surface area contributed by atoms with E-state index < -0.39 is 0 Å². The third-order valence-corrected chi connectivity index (χ3v) is 3.29. The standard InChI is InChI=1S/C15H22BrNO2/c1-15(2,3)19-11-14(18)17-13(10-16)9-12-7-5-4-6-8-12/h4-8,13H,9-11H2,1-3H3,(H,17,18). The van der Waals surface area contributed by atoms with Crippen molar-refractivity contribution in [2.45, 2.75) is 38.8 Å². The summed E-state index contributed by atoms with van der Waals surface area (Å²) < 4.78 is 5.46. The molecule has 19 heavy (non-hydrogen) atoms. The maximum Gasteiger partial charge on any atom is 0.246 e. The second-order valence-electron chi connectivity index (χ2n) is 5.51. The molecule has 1 unspecified atom stereocenters. The molecule has 0 aromatic heterocycles. The molecule has 0 bridgehead atoms. The van der Waals surface area contributed by atoms with Gasteiger partial charge in [-0.1, -0.05) is 46.3 Å². The molecule has 4 heteroatoms. The predicted molar refractivity (Wildman–Crippen MR) is 81.6 cm³/mol. The zero-order chi connectivity index (χ0) is 14.3. The Morgan fingerprint density at radius 3 is 2.47 bits per heavy atom. The highest BCUT2D eigenvalue weighted by Gasteiger charge is 2.15. The smallest absolute Gasteiger partial charge is 0.246 e. The van der Waals surface area contributed by atoms with Crippen LogP contribution in [0.2, 0.25) is 0 Å². The average molecular weight is 328 g/mol. The van der Waals surface area contributed by atoms with Gasteiger partial charge in [0.25, 0.3) is 0 Å². The van der Waals surface area contributed by atoms with E-state index in [1.54, 1.807) is 0 Å². The second-order valence-corrected chi connectivity index (χ2v) is 6.16. The molecule has 3 nitrogen and oxygen atoms in total. The molecular formula is C15H22BrNO2. The number of benzene rings is 1. The average Bonchev–Trinajstić information content (AvgIpc) is 2.36. The fourth-order valence-corrected chi connectivity index (χ4v) is 1.98. The molecule has 1 atom stereocenters. The lowest BCUT2D eigenvalue weighted by Gasteiger charge is -2.21. The Morgan fingerprint density at radius 1 is 1.32 bits per heavy atom. The zero-order valence-electron chi connectivity index (χ0n) is 11.8. The fraction of sp³-hybridized carbons (Fsp3) is 0.533. The number of carbonyl (C=O) groups excluding carboxylic acids is 1. The first kappa shape index (κ1) is 16.2. The Balaban J connectivity index is 2.42. The van der Waals surface area contributed by atoms with Crippen molar-refractivity contribution in [2.75, 3.05) is 11.9 Å². The molecule has 0 fully saturated rings. The Morgan fingerprint density at radius 2 is 1.95 bits per heavy atom. The van der Waals surface area contributed by atoms with Gasteiger partial charge in [-0.05, 0) is 32.8 Å². The van der Waals surface area contributed by atoms with E-state index in [1.807, 2.05) is 39.0 Å². The van der Waals surface area contributed by atoms with Crippen LogP contribution in [0.3, 0.4) is 0 Å². The first-order valence-electron chi connectivity index (χ1n) is 6.44. The van der Waals surface area contributed by atoms with Gasteiger partial charge in [-0.2, -0.15) is 0 Å². The van der Waals surface area contributed by atoms with E-state index in [-0.39, 0.29) is 24.2 Å². The number of nitrogens with one attached hydrogen (secondary N) is 1. The van der Waals surface area contributed by atoms with Crippen LogP contribution >= 0.6 is 15.9 Å². The first-order valence-corrected chi connectivity index (χ1v) is 7.56. The molecule has 1 amide bonds. The van der Waals surface area contributed by atoms with Gasteiger partial charge in [0.05, 0.1) is 5.60 Å². The van der Waals surface area contributed by atoms with Crippen molar-refractivity contribution in [1.29, 1.82) is 0 Å². The number of alkyl halides is 1. The minimum absolute atomic E-state index is 0.0738. The molecule has 1 aromatic carbocycles. The molecule has 1 N–H and O–H groups in total. The van der Waals surface area contributed by atoms with Crippen molar-refractivity contribution in [3.63, 3.8) is 0 Å². The van der Waals surface area contributed by atoms with Crippen molar-refractivity contribution in [3.8, 4) is 0 Å². The fourth-order valence-electron chi connectivity index (χ4n) is 1.59. The van der Waals surface area contributed by atoms with Gasteiger partial charge in [0.1, 0.15) is 6.61 Å². The van der Waals surface area contributed by atoms with Crippen LogP contribution in [-0.2, 0) is 16.0 Å². The molecular weight excluding hydrogens is 306 g/mol. The zero-order valence-corrected chi connectivity index (χ0v) is 13.4. The summed E-state index contributed by atoms with van der Waals surface area (Å²) in [6.07, 6.45) is 0.813. The van der Waals surface area contributed by atoms with Crippen molar-refractivity contribution in [1.82, 2.24) is 5.32 Å². The Labute approximate surface area is 123 Å². The van der Waals surface area contributed by atoms with Crippen LogP contribution in [0, 0.1) is 0 Å². The molecule has 0 saturated carbocycles. The lowest BCUT2D eigenvalue weighted by molar-refractivity contribution is -0.131. The van der Waals surface area contributed by atoms with Crippen LogP contribution in [0.1, 0.15) is 26.3 Å². The highest BCUT2D eigenvalue weighted by Crippen LogP contribution is 2.07. The van der Waals surface area contributed by atoms with E-state index in [1.165, 1.54) is 5.56 Å². The van der Waals surface area contributed by atoms with E-state index >= 15 is 0 Å². The normalized spacial score (nSPS) is 13.1. The van der Waals surface area contributed by atoms with Gasteiger partial charge in [-0.25, -0.2) is 0 Å². The lowest BCUT2D eigenvalue weighted by atomic mass is 10.1. The monoisotopic (exact) mass is 327 g/mol. The van der Waals surface area contributed by atoms with Crippen molar-refractivity contribution < 1.29 is 9.53 Å². The van der Waals surface area contributed by atoms with Crippen LogP contribution in [0.5, 0.6) is 0 Å². The summed E-state index contributed by atoms with van der Waals surface area (Å²) in [5.74, 6) is -0.0738. The van der Waals surface area contributed by atoms with Gasteiger partial charge in [0.15, 0.2) is 0 Å². The number of amides is 1. The molecule has 0 aliphatic carbocycles. The summed E-state index contributed by atoms with van der Waals surface area (Å²) in [5.41, 5.74) is 0.921. The van der Waals surface area contributed by atoms with Crippen LogP contribution < -0.4 is 5.32 Å². The van der Waals surface area contributed by atoms with E-state index in [0.29, 0.717) is 0 Å². The predicted octanol–water partition coefficient (Wildman–Crippen LogP) is 2.92. The van der Waals surface area contributed by atoms with Gasteiger partial charge < -0.3 is 10.1 Å². The maximum atomic E-state index is 11.8. The number of hydrogen-bond acceptors (Lipinski definition) is 2. The minimum Gasteiger partial charge on any atom is -0.366 e. The summed E-state index contributed by atoms with van der Waals surface area (Å²) in [6.45, 7) is 5.91. The van der Waals surface area contributed by atoms with E-state index in [0.717, 1.165) is 11.8 Å². The third kappa shape index (κ3) is 7.33. The number of ether oxygens (including phenoxy) is 1. The summed E-state index contributed by atoms with van der Waals surface area (Å²) >= 11 is 3.44. The Kier molecular flexibility index (Phi) is 6.52. The molecule has 0 spiro atoms. The van der Waals surface area contributed by atoms with Crippen LogP contribution in [0.25, 0.3) is 0 Å². The molecule has 0 heterocycles. The molecule has 0 radical (unpaired) electrons. The maximum absolute atomic E-state index is 11.8. The van der Waals surface area contributed by atoms with E-state index in [4.69, 9.17) is 4.74 Å². The van der Waals surface area contributed by atoms with Gasteiger partial charge in [0, 0.05) is 11.4 Å². The molecule has 1 rings (SSSR count). The van der Waals surface area contributed by atoms with Crippen LogP contribution in [0.4, 0.5) is 0 Å². The number of halogens is 1. The SMILES string of the molecule is CC(C)(C)OCC(=O)NC(CBr)Cc1ccccc1. The van der Waals surface area contributed by atoms with Gasteiger partial charge >= 0.3 is 0 Å². The highest BCUT2D eigenvalue weighted by molar-refractivity contribution is 9.09. The summed E-state index contributed by atoms with van der Waals surface area (Å²) in [7, 11) is 0. The summed E-state index contributed by atoms with van der Waals surface area (Å²) in [5, 5.41) is 3.70. The Hall–Kier alpha value is -0.870. The van der Waals surface area contributed by atoms with Crippen molar-refractivity contribution in [3.05, 3.63) is 35.9 Å². The van der Waals surface area contributed by atoms with Crippen molar-refractivity contribution >= 4 is 21.8 Å². The first-order chi connectivity index (χ1) is 8.90. The van der Waals surface area contributed by atoms with Gasteiger partial charge in [-0.15, -0.1) is 0 Å². The Bertz CT molecular complexity index is 387. The van der Waals surface area contributed by atoms with E-state index in [2.05, 4.69) is 33.4 Å².